The molecule has 4 heteroatoms. The molecule has 80 valence electrons. The molecule has 0 aliphatic heterocycles. The van der Waals surface area contributed by atoms with Gasteiger partial charge in [-0.3, -0.25) is 0 Å². The first-order valence-corrected chi connectivity index (χ1v) is 4.45. The third-order valence-corrected chi connectivity index (χ3v) is 2.62. The monoisotopic (exact) mass is 204 g/mol. The van der Waals surface area contributed by atoms with E-state index in [-0.39, 0.29) is 12.8 Å². The molecule has 1 N–H and O–H groups in total. The van der Waals surface area contributed by atoms with E-state index in [0.717, 1.165) is 0 Å². The highest BCUT2D eigenvalue weighted by Crippen LogP contribution is 2.43. The van der Waals surface area contributed by atoms with Gasteiger partial charge in [0.1, 0.15) is 0 Å². The number of methoxy groups -OCH3 is 1. The van der Waals surface area contributed by atoms with Crippen LogP contribution in [0.4, 0.5) is 8.78 Å². The summed E-state index contributed by atoms with van der Waals surface area (Å²) in [5.41, 5.74) is 2.42. The summed E-state index contributed by atoms with van der Waals surface area (Å²) in [6, 6.07) is 0. The van der Waals surface area contributed by atoms with Crippen LogP contribution in [-0.2, 0) is 4.74 Å². The van der Waals surface area contributed by atoms with Gasteiger partial charge in [0.05, 0.1) is 0 Å². The predicted octanol–water partition coefficient (Wildman–Crippen LogP) is 2.10. The van der Waals surface area contributed by atoms with Crippen LogP contribution in [-0.4, -0.2) is 23.9 Å². The van der Waals surface area contributed by atoms with Crippen molar-refractivity contribution in [3.05, 3.63) is 18.4 Å². The van der Waals surface area contributed by atoms with Crippen molar-refractivity contribution in [2.75, 3.05) is 7.11 Å². The highest BCUT2D eigenvalue weighted by molar-refractivity contribution is 4.99. The summed E-state index contributed by atoms with van der Waals surface area (Å²) < 4.78 is 30.9. The Morgan fingerprint density at radius 2 is 2.21 bits per heavy atom. The van der Waals surface area contributed by atoms with Gasteiger partial charge in [-0.25, -0.2) is 8.78 Å². The van der Waals surface area contributed by atoms with Crippen LogP contribution < -0.4 is 0 Å². The molecular weight excluding hydrogens is 190 g/mol. The van der Waals surface area contributed by atoms with Crippen LogP contribution in [0.2, 0.25) is 0 Å². The molecule has 2 unspecified atom stereocenters. The van der Waals surface area contributed by atoms with E-state index in [0.29, 0.717) is 0 Å². The SMILES string of the molecule is C=C=CC1CC(F)(F)CCC1(O)OC. The Balaban J connectivity index is 2.86. The van der Waals surface area contributed by atoms with Crippen LogP contribution in [0.3, 0.4) is 0 Å². The van der Waals surface area contributed by atoms with Crippen molar-refractivity contribution in [2.24, 2.45) is 5.92 Å². The molecule has 0 aromatic carbocycles. The lowest BCUT2D eigenvalue weighted by Gasteiger charge is -2.39. The average Bonchev–Trinajstić information content (AvgIpc) is 2.12. The molecule has 1 aliphatic rings. The molecule has 0 aromatic rings. The molecule has 1 rings (SSSR count). The Bertz CT molecular complexity index is 259. The third-order valence-electron chi connectivity index (χ3n) is 2.62. The van der Waals surface area contributed by atoms with Gasteiger partial charge in [0.2, 0.25) is 5.92 Å². The zero-order valence-corrected chi connectivity index (χ0v) is 8.09. The lowest BCUT2D eigenvalue weighted by Crippen LogP contribution is -2.47. The molecule has 1 saturated carbocycles. The van der Waals surface area contributed by atoms with Crippen molar-refractivity contribution >= 4 is 0 Å². The standard InChI is InChI=1S/C10H14F2O2/c1-3-4-8-7-9(11,12)5-6-10(8,13)14-2/h4,8,13H,1,5-7H2,2H3. The maximum Gasteiger partial charge on any atom is 0.249 e. The summed E-state index contributed by atoms with van der Waals surface area (Å²) in [6.07, 6.45) is 0.509. The van der Waals surface area contributed by atoms with E-state index in [1.54, 1.807) is 0 Å². The van der Waals surface area contributed by atoms with E-state index < -0.39 is 24.0 Å². The minimum atomic E-state index is -2.73. The van der Waals surface area contributed by atoms with Crippen molar-refractivity contribution in [3.63, 3.8) is 0 Å². The summed E-state index contributed by atoms with van der Waals surface area (Å²) in [6.45, 7) is 3.31. The predicted molar refractivity (Wildman–Crippen MR) is 48.0 cm³/mol. The summed E-state index contributed by atoms with van der Waals surface area (Å²) in [5, 5.41) is 9.85. The maximum absolute atomic E-state index is 13.0. The van der Waals surface area contributed by atoms with Gasteiger partial charge < -0.3 is 9.84 Å². The Morgan fingerprint density at radius 1 is 1.57 bits per heavy atom. The summed E-state index contributed by atoms with van der Waals surface area (Å²) >= 11 is 0. The molecule has 14 heavy (non-hydrogen) atoms. The Hall–Kier alpha value is -0.700. The normalized spacial score (nSPS) is 36.1. The number of hydrogen-bond donors (Lipinski definition) is 1. The van der Waals surface area contributed by atoms with Gasteiger partial charge in [0, 0.05) is 32.3 Å². The van der Waals surface area contributed by atoms with Crippen LogP contribution in [0.5, 0.6) is 0 Å². The highest BCUT2D eigenvalue weighted by Gasteiger charge is 2.48. The van der Waals surface area contributed by atoms with E-state index in [9.17, 15) is 13.9 Å². The van der Waals surface area contributed by atoms with Crippen LogP contribution in [0.1, 0.15) is 19.3 Å². The molecule has 0 heterocycles. The zero-order chi connectivity index (χ0) is 10.8. The van der Waals surface area contributed by atoms with Gasteiger partial charge in [0.15, 0.2) is 5.79 Å². The van der Waals surface area contributed by atoms with Crippen molar-refractivity contribution in [2.45, 2.75) is 31.0 Å². The van der Waals surface area contributed by atoms with E-state index in [4.69, 9.17) is 4.74 Å². The summed E-state index contributed by atoms with van der Waals surface area (Å²) in [5.74, 6) is -4.97. The minimum Gasteiger partial charge on any atom is -0.365 e. The quantitative estimate of drug-likeness (QED) is 0.551. The Kier molecular flexibility index (Phi) is 3.10. The average molecular weight is 204 g/mol. The number of alkyl halides is 2. The molecule has 0 saturated heterocycles. The second-order valence-corrected chi connectivity index (χ2v) is 3.59. The Morgan fingerprint density at radius 3 is 2.71 bits per heavy atom. The second kappa shape index (κ2) is 3.81. The smallest absolute Gasteiger partial charge is 0.249 e. The van der Waals surface area contributed by atoms with Gasteiger partial charge in [-0.2, -0.15) is 0 Å². The molecule has 0 amide bonds. The van der Waals surface area contributed by atoms with Gasteiger partial charge in [0.25, 0.3) is 0 Å². The van der Waals surface area contributed by atoms with Gasteiger partial charge in [-0.1, -0.05) is 6.58 Å². The lowest BCUT2D eigenvalue weighted by molar-refractivity contribution is -0.253. The van der Waals surface area contributed by atoms with Crippen molar-refractivity contribution in [1.82, 2.24) is 0 Å². The summed E-state index contributed by atoms with van der Waals surface area (Å²) in [4.78, 5) is 0. The fourth-order valence-electron chi connectivity index (χ4n) is 1.72. The van der Waals surface area contributed by atoms with Crippen LogP contribution in [0, 0.1) is 5.92 Å². The fraction of sp³-hybridized carbons (Fsp3) is 0.700. The van der Waals surface area contributed by atoms with Crippen LogP contribution in [0.15, 0.2) is 18.4 Å². The van der Waals surface area contributed by atoms with Gasteiger partial charge >= 0.3 is 0 Å². The second-order valence-electron chi connectivity index (χ2n) is 3.59. The first-order valence-electron chi connectivity index (χ1n) is 4.45. The first-order chi connectivity index (χ1) is 6.43. The molecular formula is C10H14F2O2. The van der Waals surface area contributed by atoms with Gasteiger partial charge in [-0.05, 0) is 6.08 Å². The van der Waals surface area contributed by atoms with E-state index in [1.165, 1.54) is 13.2 Å². The molecule has 0 aromatic heterocycles. The summed E-state index contributed by atoms with van der Waals surface area (Å²) in [7, 11) is 1.31. The lowest BCUT2D eigenvalue weighted by atomic mass is 9.81. The van der Waals surface area contributed by atoms with E-state index >= 15 is 0 Å². The van der Waals surface area contributed by atoms with E-state index in [1.807, 2.05) is 0 Å². The van der Waals surface area contributed by atoms with E-state index in [2.05, 4.69) is 12.3 Å². The van der Waals surface area contributed by atoms with Gasteiger partial charge in [-0.15, -0.1) is 5.73 Å². The third kappa shape index (κ3) is 2.21. The highest BCUT2D eigenvalue weighted by atomic mass is 19.3. The molecule has 0 spiro atoms. The molecule has 2 atom stereocenters. The first kappa shape index (κ1) is 11.4. The van der Waals surface area contributed by atoms with Crippen molar-refractivity contribution in [3.8, 4) is 0 Å². The molecule has 0 bridgehead atoms. The van der Waals surface area contributed by atoms with Crippen LogP contribution in [0.25, 0.3) is 0 Å². The van der Waals surface area contributed by atoms with Crippen molar-refractivity contribution < 1.29 is 18.6 Å². The Labute approximate surface area is 81.9 Å². The maximum atomic E-state index is 13.0. The number of aliphatic hydroxyl groups is 1. The van der Waals surface area contributed by atoms with Crippen molar-refractivity contribution in [1.29, 1.82) is 0 Å². The molecule has 0 radical (unpaired) electrons. The molecule has 1 fully saturated rings. The van der Waals surface area contributed by atoms with Crippen LogP contribution >= 0.6 is 0 Å². The number of ether oxygens (including phenoxy) is 1. The number of rotatable bonds is 2. The number of halogens is 2. The number of hydrogen-bond acceptors (Lipinski definition) is 2. The zero-order valence-electron chi connectivity index (χ0n) is 8.09. The topological polar surface area (TPSA) is 29.5 Å². The fourth-order valence-corrected chi connectivity index (χ4v) is 1.72. The minimum absolute atomic E-state index is 0.0701. The molecule has 2 nitrogen and oxygen atoms in total. The largest absolute Gasteiger partial charge is 0.365 e. The molecule has 1 aliphatic carbocycles.